The van der Waals surface area contributed by atoms with Gasteiger partial charge in [0.15, 0.2) is 14.6 Å². The van der Waals surface area contributed by atoms with Gasteiger partial charge in [-0.05, 0) is 49.4 Å². The maximum Gasteiger partial charge on any atom is 0.208 e. The van der Waals surface area contributed by atoms with Crippen molar-refractivity contribution >= 4 is 45.4 Å². The zero-order valence-electron chi connectivity index (χ0n) is 14.6. The van der Waals surface area contributed by atoms with Crippen molar-refractivity contribution in [2.24, 2.45) is 0 Å². The summed E-state index contributed by atoms with van der Waals surface area (Å²) in [7, 11) is 1.63. The van der Waals surface area contributed by atoms with Crippen molar-refractivity contribution in [3.63, 3.8) is 0 Å². The molecule has 1 fully saturated rings. The summed E-state index contributed by atoms with van der Waals surface area (Å²) in [5.74, 6) is 7.19. The molecule has 6 nitrogen and oxygen atoms in total. The normalized spacial score (nSPS) is 16.8. The second-order valence-corrected chi connectivity index (χ2v) is 7.38. The summed E-state index contributed by atoms with van der Waals surface area (Å²) < 4.78 is 13.8. The maximum absolute atomic E-state index is 6.35. The van der Waals surface area contributed by atoms with E-state index in [1.807, 2.05) is 28.8 Å². The SMILES string of the molecule is COc1ccc(C#Cc2nc(Cl)c3nc(I)n(C4CCCCO4)c3n2)cc1. The Morgan fingerprint density at radius 3 is 2.70 bits per heavy atom. The van der Waals surface area contributed by atoms with E-state index in [4.69, 9.17) is 21.1 Å². The first-order chi connectivity index (χ1) is 13.2. The molecule has 3 heterocycles. The highest BCUT2D eigenvalue weighted by molar-refractivity contribution is 14.1. The molecule has 3 aromatic rings. The van der Waals surface area contributed by atoms with Gasteiger partial charge in [-0.2, -0.15) is 0 Å². The van der Waals surface area contributed by atoms with Crippen LogP contribution in [-0.2, 0) is 4.74 Å². The van der Waals surface area contributed by atoms with Crippen molar-refractivity contribution in [3.8, 4) is 17.6 Å². The van der Waals surface area contributed by atoms with E-state index < -0.39 is 0 Å². The summed E-state index contributed by atoms with van der Waals surface area (Å²) in [6.07, 6.45) is 3.04. The van der Waals surface area contributed by atoms with Gasteiger partial charge >= 0.3 is 0 Å². The van der Waals surface area contributed by atoms with Crippen molar-refractivity contribution < 1.29 is 9.47 Å². The lowest BCUT2D eigenvalue weighted by atomic mass is 10.2. The fourth-order valence-electron chi connectivity index (χ4n) is 2.95. The lowest BCUT2D eigenvalue weighted by Gasteiger charge is -2.24. The lowest BCUT2D eigenvalue weighted by Crippen LogP contribution is -2.19. The highest BCUT2D eigenvalue weighted by Crippen LogP contribution is 2.30. The summed E-state index contributed by atoms with van der Waals surface area (Å²) in [6.45, 7) is 0.739. The van der Waals surface area contributed by atoms with E-state index >= 15 is 0 Å². The molecule has 1 atom stereocenters. The molecule has 8 heteroatoms. The van der Waals surface area contributed by atoms with Crippen LogP contribution in [0.2, 0.25) is 5.15 Å². The van der Waals surface area contributed by atoms with Crippen LogP contribution in [0.4, 0.5) is 0 Å². The molecule has 1 unspecified atom stereocenters. The fraction of sp³-hybridized carbons (Fsp3) is 0.316. The molecule has 27 heavy (non-hydrogen) atoms. The Morgan fingerprint density at radius 2 is 2.00 bits per heavy atom. The average Bonchev–Trinajstić information content (AvgIpc) is 3.04. The summed E-state index contributed by atoms with van der Waals surface area (Å²) in [6, 6.07) is 7.49. The van der Waals surface area contributed by atoms with Gasteiger partial charge in [0.25, 0.3) is 0 Å². The van der Waals surface area contributed by atoms with Crippen LogP contribution in [-0.4, -0.2) is 33.2 Å². The second-order valence-electron chi connectivity index (χ2n) is 6.06. The minimum absolute atomic E-state index is 0.0796. The van der Waals surface area contributed by atoms with Gasteiger partial charge in [-0.3, -0.25) is 4.57 Å². The Hall–Kier alpha value is -1.89. The molecule has 1 aromatic carbocycles. The van der Waals surface area contributed by atoms with Crippen LogP contribution < -0.4 is 4.74 Å². The molecule has 138 valence electrons. The Bertz CT molecular complexity index is 1030. The highest BCUT2D eigenvalue weighted by Gasteiger charge is 2.23. The quantitative estimate of drug-likeness (QED) is 0.231. The molecule has 1 aliphatic rings. The number of rotatable bonds is 2. The van der Waals surface area contributed by atoms with E-state index in [1.165, 1.54) is 0 Å². The van der Waals surface area contributed by atoms with Gasteiger partial charge in [0, 0.05) is 34.8 Å². The number of hydrogen-bond acceptors (Lipinski definition) is 5. The lowest BCUT2D eigenvalue weighted by molar-refractivity contribution is -0.0313. The van der Waals surface area contributed by atoms with Gasteiger partial charge in [0.1, 0.15) is 17.5 Å². The van der Waals surface area contributed by atoms with E-state index in [9.17, 15) is 0 Å². The third kappa shape index (κ3) is 3.88. The van der Waals surface area contributed by atoms with Crippen molar-refractivity contribution in [1.29, 1.82) is 0 Å². The zero-order valence-corrected chi connectivity index (χ0v) is 17.5. The first kappa shape index (κ1) is 18.5. The topological polar surface area (TPSA) is 62.1 Å². The summed E-state index contributed by atoms with van der Waals surface area (Å²) >= 11 is 8.53. The molecular weight excluding hydrogens is 479 g/mol. The largest absolute Gasteiger partial charge is 0.497 e. The van der Waals surface area contributed by atoms with Gasteiger partial charge in [-0.1, -0.05) is 17.5 Å². The summed E-state index contributed by atoms with van der Waals surface area (Å²) in [5.41, 5.74) is 2.07. The highest BCUT2D eigenvalue weighted by atomic mass is 127. The van der Waals surface area contributed by atoms with E-state index in [1.54, 1.807) is 7.11 Å². The Morgan fingerprint density at radius 1 is 1.19 bits per heavy atom. The van der Waals surface area contributed by atoms with Gasteiger partial charge < -0.3 is 9.47 Å². The predicted octanol–water partition coefficient (Wildman–Crippen LogP) is 4.19. The van der Waals surface area contributed by atoms with Gasteiger partial charge in [0.2, 0.25) is 5.82 Å². The van der Waals surface area contributed by atoms with Crippen LogP contribution in [0.15, 0.2) is 24.3 Å². The Balaban J connectivity index is 1.73. The molecule has 2 aromatic heterocycles. The molecule has 0 spiro atoms. The minimum atomic E-state index is -0.0796. The van der Waals surface area contributed by atoms with Crippen LogP contribution in [0.25, 0.3) is 11.2 Å². The van der Waals surface area contributed by atoms with Crippen LogP contribution in [0, 0.1) is 15.7 Å². The monoisotopic (exact) mass is 494 g/mol. The fourth-order valence-corrected chi connectivity index (χ4v) is 3.94. The molecule has 0 bridgehead atoms. The number of halogens is 2. The van der Waals surface area contributed by atoms with Crippen LogP contribution in [0.5, 0.6) is 5.75 Å². The third-order valence-electron chi connectivity index (χ3n) is 4.31. The van der Waals surface area contributed by atoms with Crippen molar-refractivity contribution in [1.82, 2.24) is 19.5 Å². The standard InChI is InChI=1S/C19H16ClIN4O2/c1-26-13-8-5-12(6-9-13)7-10-14-22-17(20)16-18(23-14)25(19(21)24-16)15-4-2-3-11-27-15/h5-6,8-9,15H,2-4,11H2,1H3. The molecule has 0 amide bonds. The number of methoxy groups -OCH3 is 1. The molecule has 0 N–H and O–H groups in total. The van der Waals surface area contributed by atoms with Crippen molar-refractivity contribution in [3.05, 3.63) is 44.6 Å². The van der Waals surface area contributed by atoms with Crippen LogP contribution >= 0.6 is 34.2 Å². The molecule has 4 rings (SSSR count). The second kappa shape index (κ2) is 8.00. The van der Waals surface area contributed by atoms with Crippen molar-refractivity contribution in [2.45, 2.75) is 25.5 Å². The minimum Gasteiger partial charge on any atom is -0.497 e. The molecule has 0 saturated carbocycles. The maximum atomic E-state index is 6.35. The van der Waals surface area contributed by atoms with Crippen molar-refractivity contribution in [2.75, 3.05) is 13.7 Å². The van der Waals surface area contributed by atoms with E-state index in [2.05, 4.69) is 49.4 Å². The Kier molecular flexibility index (Phi) is 5.48. The molecule has 0 radical (unpaired) electrons. The number of benzene rings is 1. The number of fused-ring (bicyclic) bond motifs is 1. The van der Waals surface area contributed by atoms with Gasteiger partial charge in [0.05, 0.1) is 7.11 Å². The van der Waals surface area contributed by atoms with Gasteiger partial charge in [-0.25, -0.2) is 15.0 Å². The molecule has 1 aliphatic heterocycles. The third-order valence-corrected chi connectivity index (χ3v) is 5.33. The number of nitrogens with zero attached hydrogens (tertiary/aromatic N) is 4. The zero-order chi connectivity index (χ0) is 18.8. The summed E-state index contributed by atoms with van der Waals surface area (Å²) in [5, 5.41) is 0.298. The van der Waals surface area contributed by atoms with Crippen LogP contribution in [0.1, 0.15) is 36.9 Å². The average molecular weight is 495 g/mol. The molecule has 0 aliphatic carbocycles. The predicted molar refractivity (Wildman–Crippen MR) is 111 cm³/mol. The van der Waals surface area contributed by atoms with E-state index in [-0.39, 0.29) is 6.23 Å². The molecule has 1 saturated heterocycles. The number of aromatic nitrogens is 4. The Labute approximate surface area is 175 Å². The summed E-state index contributed by atoms with van der Waals surface area (Å²) in [4.78, 5) is 13.4. The first-order valence-electron chi connectivity index (χ1n) is 8.54. The number of imidazole rings is 1. The van der Waals surface area contributed by atoms with E-state index in [0.29, 0.717) is 22.1 Å². The van der Waals surface area contributed by atoms with Crippen LogP contribution in [0.3, 0.4) is 0 Å². The van der Waals surface area contributed by atoms with E-state index in [0.717, 1.165) is 41.0 Å². The smallest absolute Gasteiger partial charge is 0.208 e. The van der Waals surface area contributed by atoms with Gasteiger partial charge in [-0.15, -0.1) is 0 Å². The first-order valence-corrected chi connectivity index (χ1v) is 10.00. The number of hydrogen-bond donors (Lipinski definition) is 0. The molecular formula is C19H16ClIN4O2. The number of ether oxygens (including phenoxy) is 2.